The van der Waals surface area contributed by atoms with Crippen LogP contribution in [0.3, 0.4) is 0 Å². The van der Waals surface area contributed by atoms with Gasteiger partial charge in [0.15, 0.2) is 0 Å². The molecular formula is C84H60N4O8Pt. The Hall–Kier alpha value is -11.6. The molecule has 97 heavy (non-hydrogen) atoms. The molecule has 1 aliphatic carbocycles. The molecule has 0 saturated carbocycles. The van der Waals surface area contributed by atoms with Gasteiger partial charge in [0.2, 0.25) is 0 Å². The van der Waals surface area contributed by atoms with Gasteiger partial charge in [0, 0.05) is 46.5 Å². The predicted octanol–water partition coefficient (Wildman–Crippen LogP) is 19.9. The Morgan fingerprint density at radius 3 is 0.577 bits per heavy atom. The molecule has 0 unspecified atom stereocenters. The van der Waals surface area contributed by atoms with Gasteiger partial charge in [-0.2, -0.15) is 0 Å². The number of rotatable bonds is 12. The molecule has 4 heterocycles. The van der Waals surface area contributed by atoms with Crippen molar-refractivity contribution in [2.45, 2.75) is 0 Å². The smallest absolute Gasteiger partial charge is 0.656 e. The molecule has 0 fully saturated rings. The van der Waals surface area contributed by atoms with E-state index in [1.54, 1.807) is 56.9 Å². The Morgan fingerprint density at radius 1 is 0.227 bits per heavy atom. The van der Waals surface area contributed by atoms with Crippen molar-refractivity contribution in [2.75, 3.05) is 56.9 Å². The zero-order valence-corrected chi connectivity index (χ0v) is 56.4. The molecule has 13 heteroatoms. The van der Waals surface area contributed by atoms with Gasteiger partial charge in [-0.05, 0) is 206 Å². The van der Waals surface area contributed by atoms with E-state index in [2.05, 4.69) is 146 Å². The van der Waals surface area contributed by atoms with E-state index in [0.29, 0.717) is 90.8 Å². The van der Waals surface area contributed by atoms with Crippen LogP contribution in [0.25, 0.3) is 176 Å². The third-order valence-corrected chi connectivity index (χ3v) is 18.9. The standard InChI is InChI=1S/C84H60N4O8.Pt/c1-89-57-25-53(26-58(41-57)90-2)73-77-65-33-45-17-9-11-19-47(45)35-67(65)79(85-77)74(54-27-59(91-3)42-60(28-54)92-4)81-69-37-49-21-13-15-23-51(49)39-71(69)83(87-81)76(56-31-63(95-7)44-64(32-56)96-8)84-72-40-52-24-16-14-22-50(52)38-70(72)82(88-84)75(55-29-61(93-5)43-62(30-55)94-6)80-68-36-48-20-12-10-18-46(48)34-66(68)78(73)86-80;/h9-44H,1-8H3;/q-2;+2. The molecule has 2 aliphatic heterocycles. The van der Waals surface area contributed by atoms with Crippen molar-refractivity contribution in [3.63, 3.8) is 0 Å². The minimum atomic E-state index is 0. The van der Waals surface area contributed by atoms with Crippen LogP contribution >= 0.6 is 0 Å². The summed E-state index contributed by atoms with van der Waals surface area (Å²) in [4.78, 5) is 24.8. The Balaban J connectivity index is 0.00000738. The van der Waals surface area contributed by atoms with Crippen molar-refractivity contribution in [3.8, 4) is 136 Å². The first-order valence-electron chi connectivity index (χ1n) is 31.5. The Kier molecular flexibility index (Phi) is 14.9. The topological polar surface area (TPSA) is 128 Å². The molecule has 12 nitrogen and oxygen atoms in total. The van der Waals surface area contributed by atoms with Crippen LogP contribution in [0.15, 0.2) is 218 Å². The molecule has 12 aromatic carbocycles. The molecule has 0 saturated heterocycles. The van der Waals surface area contributed by atoms with E-state index in [0.717, 1.165) is 131 Å². The van der Waals surface area contributed by atoms with Crippen LogP contribution in [-0.2, 0) is 21.1 Å². The fourth-order valence-corrected chi connectivity index (χ4v) is 14.3. The normalized spacial score (nSPS) is 11.6. The molecule has 17 rings (SSSR count). The average Bonchev–Trinajstić information content (AvgIpc) is 1.55. The Labute approximate surface area is 572 Å². The van der Waals surface area contributed by atoms with Crippen LogP contribution in [0.5, 0.6) is 46.0 Å². The minimum absolute atomic E-state index is 0. The van der Waals surface area contributed by atoms with Gasteiger partial charge in [-0.15, -0.1) is 22.1 Å². The summed E-state index contributed by atoms with van der Waals surface area (Å²) < 4.78 is 49.6. The molecule has 0 radical (unpaired) electrons. The van der Waals surface area contributed by atoms with Gasteiger partial charge in [-0.1, -0.05) is 97.1 Å². The quantitative estimate of drug-likeness (QED) is 0.115. The number of fused-ring (bicyclic) bond motifs is 4. The van der Waals surface area contributed by atoms with Crippen LogP contribution in [-0.4, -0.2) is 66.8 Å². The summed E-state index contributed by atoms with van der Waals surface area (Å²) >= 11 is 0. The van der Waals surface area contributed by atoms with E-state index >= 15 is 0 Å². The SMILES string of the molecule is COc1cc(OC)cc(-c2c3nc(c(-c4cc(OC)cc(OC)c4)c4[n-]c(c(-c5cc(OC)cc(OC)c5)c5nc(c(-c6cc(OC)cc(OC)c6)c6[n-]c2c2cc7ccccc7cc62)-c2cc6ccccc6cc2-5)c2cc5ccccc5cc42)-c2cc4ccccc4cc2-3)c1.[Pt+2]. The van der Waals surface area contributed by atoms with Gasteiger partial charge in [0.05, 0.1) is 79.7 Å². The molecule has 8 bridgehead atoms. The maximum Gasteiger partial charge on any atom is 2.00 e. The van der Waals surface area contributed by atoms with Crippen molar-refractivity contribution in [3.05, 3.63) is 218 Å². The summed E-state index contributed by atoms with van der Waals surface area (Å²) in [6.45, 7) is 0. The predicted molar refractivity (Wildman–Crippen MR) is 387 cm³/mol. The zero-order valence-electron chi connectivity index (χ0n) is 54.2. The number of methoxy groups -OCH3 is 8. The van der Waals surface area contributed by atoms with Crippen molar-refractivity contribution in [2.24, 2.45) is 0 Å². The Bertz CT molecular complexity index is 5190. The largest absolute Gasteiger partial charge is 2.00 e. The summed E-state index contributed by atoms with van der Waals surface area (Å²) in [7, 11) is 13.4. The molecule has 0 amide bonds. The second-order valence-corrected chi connectivity index (χ2v) is 24.1. The van der Waals surface area contributed by atoms with Crippen LogP contribution in [0.2, 0.25) is 0 Å². The second kappa shape index (κ2) is 24.0. The van der Waals surface area contributed by atoms with E-state index in [1.807, 2.05) is 72.8 Å². The average molecular weight is 1450 g/mol. The maximum atomic E-state index is 6.21. The fraction of sp³-hybridized carbons (Fsp3) is 0.0952. The summed E-state index contributed by atoms with van der Waals surface area (Å²) in [5.41, 5.74) is 14.7. The fourth-order valence-electron chi connectivity index (χ4n) is 14.3. The van der Waals surface area contributed by atoms with Crippen LogP contribution in [0, 0.1) is 0 Å². The summed E-state index contributed by atoms with van der Waals surface area (Å²) in [5, 5.41) is 11.7. The van der Waals surface area contributed by atoms with Gasteiger partial charge >= 0.3 is 21.1 Å². The summed E-state index contributed by atoms with van der Waals surface area (Å²) in [6, 6.07) is 75.9. The van der Waals surface area contributed by atoms with E-state index in [4.69, 9.17) is 57.8 Å². The maximum absolute atomic E-state index is 6.21. The van der Waals surface area contributed by atoms with Gasteiger partial charge in [0.1, 0.15) is 46.0 Å². The summed E-state index contributed by atoms with van der Waals surface area (Å²) in [6.07, 6.45) is 0. The van der Waals surface area contributed by atoms with Crippen molar-refractivity contribution < 1.29 is 59.0 Å². The Morgan fingerprint density at radius 2 is 0.402 bits per heavy atom. The van der Waals surface area contributed by atoms with Crippen molar-refractivity contribution >= 4 is 86.7 Å². The number of hydrogen-bond acceptors (Lipinski definition) is 10. The number of hydrogen-bond donors (Lipinski definition) is 0. The second-order valence-electron chi connectivity index (χ2n) is 24.1. The van der Waals surface area contributed by atoms with E-state index in [9.17, 15) is 0 Å². The van der Waals surface area contributed by atoms with E-state index < -0.39 is 0 Å². The van der Waals surface area contributed by atoms with Crippen molar-refractivity contribution in [1.82, 2.24) is 19.9 Å². The van der Waals surface area contributed by atoms with Crippen molar-refractivity contribution in [1.29, 1.82) is 0 Å². The minimum Gasteiger partial charge on any atom is -0.656 e. The molecule has 14 aromatic rings. The first-order valence-corrected chi connectivity index (χ1v) is 31.5. The van der Waals surface area contributed by atoms with E-state index in [1.165, 1.54) is 0 Å². The number of nitrogens with zero attached hydrogens (tertiary/aromatic N) is 4. The number of benzene rings is 12. The first-order chi connectivity index (χ1) is 47.1. The van der Waals surface area contributed by atoms with Gasteiger partial charge in [-0.25, -0.2) is 9.97 Å². The van der Waals surface area contributed by atoms with Gasteiger partial charge in [0.25, 0.3) is 0 Å². The van der Waals surface area contributed by atoms with Crippen LogP contribution in [0.1, 0.15) is 0 Å². The van der Waals surface area contributed by atoms with Gasteiger partial charge in [-0.3, -0.25) is 0 Å². The summed E-state index contributed by atoms with van der Waals surface area (Å²) in [5.74, 6) is 4.66. The van der Waals surface area contributed by atoms with E-state index in [-0.39, 0.29) is 21.1 Å². The van der Waals surface area contributed by atoms with Crippen LogP contribution in [0.4, 0.5) is 0 Å². The first kappa shape index (κ1) is 60.4. The molecule has 0 spiro atoms. The molecule has 3 aliphatic rings. The number of aromatic nitrogens is 4. The van der Waals surface area contributed by atoms with Gasteiger partial charge < -0.3 is 47.9 Å². The molecule has 2 aromatic heterocycles. The molecular weight excluding hydrogens is 1390 g/mol. The zero-order chi connectivity index (χ0) is 65.0. The molecule has 0 atom stereocenters. The van der Waals surface area contributed by atoms with Crippen LogP contribution < -0.4 is 47.9 Å². The molecule has 0 N–H and O–H groups in total. The molecule has 474 valence electrons. The number of ether oxygens (including phenoxy) is 8. The third-order valence-electron chi connectivity index (χ3n) is 18.9. The third kappa shape index (κ3) is 9.92. The monoisotopic (exact) mass is 1450 g/mol.